The largest absolute Gasteiger partial charge is 0.385 e. The third kappa shape index (κ3) is 3.54. The number of hydrogen-bond donors (Lipinski definition) is 1. The lowest BCUT2D eigenvalue weighted by Crippen LogP contribution is -2.25. The van der Waals surface area contributed by atoms with Gasteiger partial charge in [-0.3, -0.25) is 0 Å². The molecule has 2 unspecified atom stereocenters. The molecule has 2 atom stereocenters. The standard InChI is InChI=1S/C12H21N3O/c1-9(6-8-16-4)12(13-3)11-5-7-14-10(2)15-11/h5,7,9,12-13H,6,8H2,1-4H3. The quantitative estimate of drug-likeness (QED) is 0.797. The van der Waals surface area contributed by atoms with Crippen LogP contribution < -0.4 is 5.32 Å². The fourth-order valence-electron chi connectivity index (χ4n) is 1.84. The number of nitrogens with zero attached hydrogens (tertiary/aromatic N) is 2. The number of rotatable bonds is 6. The molecule has 0 saturated carbocycles. The summed E-state index contributed by atoms with van der Waals surface area (Å²) >= 11 is 0. The minimum Gasteiger partial charge on any atom is -0.385 e. The lowest BCUT2D eigenvalue weighted by Gasteiger charge is -2.22. The fourth-order valence-corrected chi connectivity index (χ4v) is 1.84. The van der Waals surface area contributed by atoms with Crippen LogP contribution in [0.5, 0.6) is 0 Å². The van der Waals surface area contributed by atoms with Crippen molar-refractivity contribution in [3.05, 3.63) is 23.8 Å². The van der Waals surface area contributed by atoms with Crippen molar-refractivity contribution in [1.29, 1.82) is 0 Å². The summed E-state index contributed by atoms with van der Waals surface area (Å²) in [5.41, 5.74) is 1.05. The van der Waals surface area contributed by atoms with Crippen LogP contribution in [0.3, 0.4) is 0 Å². The summed E-state index contributed by atoms with van der Waals surface area (Å²) in [4.78, 5) is 8.57. The molecule has 90 valence electrons. The van der Waals surface area contributed by atoms with E-state index in [9.17, 15) is 0 Å². The highest BCUT2D eigenvalue weighted by Crippen LogP contribution is 2.22. The summed E-state index contributed by atoms with van der Waals surface area (Å²) in [5.74, 6) is 1.30. The first-order valence-electron chi connectivity index (χ1n) is 5.64. The van der Waals surface area contributed by atoms with Crippen LogP contribution in [0.15, 0.2) is 12.3 Å². The number of nitrogens with one attached hydrogen (secondary N) is 1. The zero-order valence-electron chi connectivity index (χ0n) is 10.5. The van der Waals surface area contributed by atoms with E-state index < -0.39 is 0 Å². The molecular weight excluding hydrogens is 202 g/mol. The van der Waals surface area contributed by atoms with Gasteiger partial charge in [0.1, 0.15) is 5.82 Å². The van der Waals surface area contributed by atoms with E-state index in [1.54, 1.807) is 7.11 Å². The average Bonchev–Trinajstić information content (AvgIpc) is 2.27. The van der Waals surface area contributed by atoms with Gasteiger partial charge in [-0.1, -0.05) is 6.92 Å². The number of ether oxygens (including phenoxy) is 1. The maximum atomic E-state index is 5.11. The van der Waals surface area contributed by atoms with Gasteiger partial charge in [0.15, 0.2) is 0 Å². The zero-order chi connectivity index (χ0) is 12.0. The van der Waals surface area contributed by atoms with Crippen LogP contribution in [-0.4, -0.2) is 30.7 Å². The second kappa shape index (κ2) is 6.55. The highest BCUT2D eigenvalue weighted by atomic mass is 16.5. The zero-order valence-corrected chi connectivity index (χ0v) is 10.5. The Balaban J connectivity index is 2.73. The summed E-state index contributed by atoms with van der Waals surface area (Å²) in [6, 6.07) is 2.23. The molecule has 0 aliphatic rings. The number of aryl methyl sites for hydroxylation is 1. The number of aromatic nitrogens is 2. The molecule has 4 nitrogen and oxygen atoms in total. The van der Waals surface area contributed by atoms with Crippen molar-refractivity contribution in [2.75, 3.05) is 20.8 Å². The Hall–Kier alpha value is -1.00. The van der Waals surface area contributed by atoms with Crippen molar-refractivity contribution in [3.8, 4) is 0 Å². The molecule has 0 saturated heterocycles. The van der Waals surface area contributed by atoms with Crippen LogP contribution in [0.25, 0.3) is 0 Å². The summed E-state index contributed by atoms with van der Waals surface area (Å²) in [7, 11) is 3.70. The highest BCUT2D eigenvalue weighted by molar-refractivity contribution is 5.08. The van der Waals surface area contributed by atoms with Gasteiger partial charge in [0, 0.05) is 19.9 Å². The third-order valence-electron chi connectivity index (χ3n) is 2.77. The van der Waals surface area contributed by atoms with Crippen molar-refractivity contribution < 1.29 is 4.74 Å². The molecule has 0 bridgehead atoms. The SMILES string of the molecule is CNC(c1ccnc(C)n1)C(C)CCOC. The average molecular weight is 223 g/mol. The molecule has 0 aliphatic carbocycles. The Morgan fingerprint density at radius 1 is 1.50 bits per heavy atom. The molecule has 1 rings (SSSR count). The van der Waals surface area contributed by atoms with E-state index in [-0.39, 0.29) is 6.04 Å². The van der Waals surface area contributed by atoms with Gasteiger partial charge in [0.2, 0.25) is 0 Å². The second-order valence-electron chi connectivity index (χ2n) is 4.05. The Labute approximate surface area is 97.5 Å². The smallest absolute Gasteiger partial charge is 0.125 e. The molecular formula is C12H21N3O. The predicted octanol–water partition coefficient (Wildman–Crippen LogP) is 1.72. The number of hydrogen-bond acceptors (Lipinski definition) is 4. The molecule has 0 aromatic carbocycles. The van der Waals surface area contributed by atoms with Gasteiger partial charge < -0.3 is 10.1 Å². The molecule has 0 fully saturated rings. The first-order valence-corrected chi connectivity index (χ1v) is 5.64. The third-order valence-corrected chi connectivity index (χ3v) is 2.77. The van der Waals surface area contributed by atoms with E-state index in [1.807, 2.05) is 26.2 Å². The summed E-state index contributed by atoms with van der Waals surface area (Å²) in [5, 5.41) is 3.31. The van der Waals surface area contributed by atoms with Crippen LogP contribution in [0, 0.1) is 12.8 Å². The van der Waals surface area contributed by atoms with Crippen LogP contribution in [0.4, 0.5) is 0 Å². The maximum Gasteiger partial charge on any atom is 0.125 e. The van der Waals surface area contributed by atoms with E-state index in [0.29, 0.717) is 5.92 Å². The van der Waals surface area contributed by atoms with E-state index in [2.05, 4.69) is 22.2 Å². The van der Waals surface area contributed by atoms with Crippen LogP contribution in [0.2, 0.25) is 0 Å². The first-order chi connectivity index (χ1) is 7.69. The van der Waals surface area contributed by atoms with Crippen LogP contribution in [0.1, 0.15) is 30.9 Å². The van der Waals surface area contributed by atoms with Gasteiger partial charge in [-0.2, -0.15) is 0 Å². The van der Waals surface area contributed by atoms with Gasteiger partial charge >= 0.3 is 0 Å². The second-order valence-corrected chi connectivity index (χ2v) is 4.05. The van der Waals surface area contributed by atoms with Crippen LogP contribution in [-0.2, 0) is 4.74 Å². The molecule has 0 aliphatic heterocycles. The van der Waals surface area contributed by atoms with E-state index in [0.717, 1.165) is 24.5 Å². The van der Waals surface area contributed by atoms with E-state index >= 15 is 0 Å². The van der Waals surface area contributed by atoms with Gasteiger partial charge in [-0.05, 0) is 32.4 Å². The molecule has 0 radical (unpaired) electrons. The molecule has 0 amide bonds. The highest BCUT2D eigenvalue weighted by Gasteiger charge is 2.18. The normalized spacial score (nSPS) is 14.8. The van der Waals surface area contributed by atoms with Crippen molar-refractivity contribution in [2.45, 2.75) is 26.3 Å². The first kappa shape index (κ1) is 13.1. The van der Waals surface area contributed by atoms with Gasteiger partial charge in [0.25, 0.3) is 0 Å². The van der Waals surface area contributed by atoms with Crippen molar-refractivity contribution in [2.24, 2.45) is 5.92 Å². The molecule has 4 heteroatoms. The van der Waals surface area contributed by atoms with Crippen molar-refractivity contribution in [3.63, 3.8) is 0 Å². The lowest BCUT2D eigenvalue weighted by molar-refractivity contribution is 0.171. The van der Waals surface area contributed by atoms with Gasteiger partial charge in [0.05, 0.1) is 11.7 Å². The minimum absolute atomic E-state index is 0.261. The van der Waals surface area contributed by atoms with Gasteiger partial charge in [-0.25, -0.2) is 9.97 Å². The van der Waals surface area contributed by atoms with Crippen molar-refractivity contribution in [1.82, 2.24) is 15.3 Å². The number of methoxy groups -OCH3 is 1. The Morgan fingerprint density at radius 2 is 2.25 bits per heavy atom. The minimum atomic E-state index is 0.261. The Bertz CT molecular complexity index is 317. The predicted molar refractivity (Wildman–Crippen MR) is 64.2 cm³/mol. The van der Waals surface area contributed by atoms with Crippen LogP contribution >= 0.6 is 0 Å². The molecule has 16 heavy (non-hydrogen) atoms. The molecule has 1 aromatic rings. The topological polar surface area (TPSA) is 47.0 Å². The maximum absolute atomic E-state index is 5.11. The summed E-state index contributed by atoms with van der Waals surface area (Å²) < 4.78 is 5.11. The monoisotopic (exact) mass is 223 g/mol. The van der Waals surface area contributed by atoms with E-state index in [1.165, 1.54) is 0 Å². The fraction of sp³-hybridized carbons (Fsp3) is 0.667. The summed E-state index contributed by atoms with van der Waals surface area (Å²) in [6.45, 7) is 4.90. The lowest BCUT2D eigenvalue weighted by atomic mass is 9.96. The van der Waals surface area contributed by atoms with E-state index in [4.69, 9.17) is 4.74 Å². The summed E-state index contributed by atoms with van der Waals surface area (Å²) in [6.07, 6.45) is 2.83. The molecule has 1 aromatic heterocycles. The molecule has 1 heterocycles. The van der Waals surface area contributed by atoms with Crippen molar-refractivity contribution >= 4 is 0 Å². The van der Waals surface area contributed by atoms with Gasteiger partial charge in [-0.15, -0.1) is 0 Å². The molecule has 0 spiro atoms. The Morgan fingerprint density at radius 3 is 2.81 bits per heavy atom. The Kier molecular flexibility index (Phi) is 5.35. The molecule has 1 N–H and O–H groups in total.